The molecule has 4 heteroatoms. The molecule has 19 heavy (non-hydrogen) atoms. The molecule has 2 aromatic carbocycles. The summed E-state index contributed by atoms with van der Waals surface area (Å²) in [6.07, 6.45) is 0. The third-order valence-corrected chi connectivity index (χ3v) is 3.27. The average molecular weight is 280 g/mol. The molecule has 2 nitrogen and oxygen atoms in total. The van der Waals surface area contributed by atoms with E-state index in [1.54, 1.807) is 12.1 Å². The minimum absolute atomic E-state index is 0.0568. The highest BCUT2D eigenvalue weighted by Gasteiger charge is 2.18. The van der Waals surface area contributed by atoms with Gasteiger partial charge in [-0.15, -0.1) is 0 Å². The zero-order valence-electron chi connectivity index (χ0n) is 10.6. The predicted octanol–water partition coefficient (Wildman–Crippen LogP) is 3.93. The van der Waals surface area contributed by atoms with Gasteiger partial charge in [-0.1, -0.05) is 41.9 Å². The van der Waals surface area contributed by atoms with Gasteiger partial charge in [0.1, 0.15) is 11.6 Å². The molecule has 100 valence electrons. The Kier molecular flexibility index (Phi) is 4.40. The van der Waals surface area contributed by atoms with Crippen LogP contribution in [-0.2, 0) is 0 Å². The molecule has 1 unspecified atom stereocenters. The van der Waals surface area contributed by atoms with Crippen LogP contribution in [0, 0.1) is 5.82 Å². The van der Waals surface area contributed by atoms with Crippen molar-refractivity contribution >= 4 is 11.6 Å². The molecule has 0 fully saturated rings. The van der Waals surface area contributed by atoms with Gasteiger partial charge in [0.05, 0.1) is 17.7 Å². The minimum atomic E-state index is -0.522. The van der Waals surface area contributed by atoms with E-state index in [1.807, 2.05) is 31.2 Å². The van der Waals surface area contributed by atoms with Crippen molar-refractivity contribution in [3.8, 4) is 5.75 Å². The summed E-state index contributed by atoms with van der Waals surface area (Å²) >= 11 is 5.97. The smallest absolute Gasteiger partial charge is 0.142 e. The van der Waals surface area contributed by atoms with Crippen molar-refractivity contribution in [2.75, 3.05) is 6.61 Å². The van der Waals surface area contributed by atoms with Gasteiger partial charge in [0.25, 0.3) is 0 Å². The molecule has 0 spiro atoms. The Morgan fingerprint density at radius 1 is 1.16 bits per heavy atom. The van der Waals surface area contributed by atoms with Crippen LogP contribution in [-0.4, -0.2) is 6.61 Å². The fourth-order valence-corrected chi connectivity index (χ4v) is 2.20. The number of hydrogen-bond donors (Lipinski definition) is 1. The summed E-state index contributed by atoms with van der Waals surface area (Å²) in [4.78, 5) is 0. The second-order valence-electron chi connectivity index (χ2n) is 4.09. The van der Waals surface area contributed by atoms with Gasteiger partial charge in [0.15, 0.2) is 0 Å². The minimum Gasteiger partial charge on any atom is -0.494 e. The van der Waals surface area contributed by atoms with Gasteiger partial charge in [-0.05, 0) is 24.6 Å². The third-order valence-electron chi connectivity index (χ3n) is 2.87. The zero-order chi connectivity index (χ0) is 13.8. The molecule has 0 radical (unpaired) electrons. The van der Waals surface area contributed by atoms with Crippen molar-refractivity contribution in [2.24, 2.45) is 5.73 Å². The topological polar surface area (TPSA) is 35.2 Å². The number of benzene rings is 2. The maximum atomic E-state index is 13.5. The molecule has 0 saturated carbocycles. The van der Waals surface area contributed by atoms with Gasteiger partial charge in [-0.2, -0.15) is 0 Å². The monoisotopic (exact) mass is 279 g/mol. The highest BCUT2D eigenvalue weighted by atomic mass is 35.5. The van der Waals surface area contributed by atoms with Gasteiger partial charge in [-0.3, -0.25) is 0 Å². The number of nitrogens with two attached hydrogens (primary N) is 1. The van der Waals surface area contributed by atoms with Gasteiger partial charge in [0, 0.05) is 5.56 Å². The number of rotatable bonds is 4. The van der Waals surface area contributed by atoms with Crippen LogP contribution >= 0.6 is 11.6 Å². The molecule has 0 aromatic heterocycles. The summed E-state index contributed by atoms with van der Waals surface area (Å²) in [7, 11) is 0. The summed E-state index contributed by atoms with van der Waals surface area (Å²) in [6, 6.07) is 11.5. The van der Waals surface area contributed by atoms with E-state index in [9.17, 15) is 4.39 Å². The summed E-state index contributed by atoms with van der Waals surface area (Å²) in [6.45, 7) is 2.44. The number of hydrogen-bond acceptors (Lipinski definition) is 2. The lowest BCUT2D eigenvalue weighted by Gasteiger charge is -2.18. The van der Waals surface area contributed by atoms with Crippen LogP contribution in [0.1, 0.15) is 24.1 Å². The maximum absolute atomic E-state index is 13.5. The quantitative estimate of drug-likeness (QED) is 0.920. The van der Waals surface area contributed by atoms with Crippen molar-refractivity contribution in [3.63, 3.8) is 0 Å². The van der Waals surface area contributed by atoms with Crippen molar-refractivity contribution < 1.29 is 9.13 Å². The number of para-hydroxylation sites is 1. The van der Waals surface area contributed by atoms with Crippen molar-refractivity contribution in [1.82, 2.24) is 0 Å². The Bertz CT molecular complexity index is 574. The molecule has 2 aromatic rings. The molecule has 2 N–H and O–H groups in total. The number of halogens is 2. The zero-order valence-corrected chi connectivity index (χ0v) is 11.3. The van der Waals surface area contributed by atoms with Gasteiger partial charge >= 0.3 is 0 Å². The van der Waals surface area contributed by atoms with E-state index in [-0.39, 0.29) is 5.02 Å². The molecular formula is C15H15ClFNO. The first-order chi connectivity index (χ1) is 9.15. The van der Waals surface area contributed by atoms with Crippen LogP contribution in [0.25, 0.3) is 0 Å². The lowest BCUT2D eigenvalue weighted by Crippen LogP contribution is -2.14. The first kappa shape index (κ1) is 13.8. The van der Waals surface area contributed by atoms with E-state index in [0.29, 0.717) is 17.9 Å². The highest BCUT2D eigenvalue weighted by Crippen LogP contribution is 2.32. The lowest BCUT2D eigenvalue weighted by molar-refractivity contribution is 0.335. The Morgan fingerprint density at radius 3 is 2.58 bits per heavy atom. The molecule has 2 rings (SSSR count). The summed E-state index contributed by atoms with van der Waals surface area (Å²) in [5, 5.41) is 0.0568. The van der Waals surface area contributed by atoms with Crippen LogP contribution in [0.3, 0.4) is 0 Å². The van der Waals surface area contributed by atoms with Gasteiger partial charge in [-0.25, -0.2) is 4.39 Å². The van der Waals surface area contributed by atoms with E-state index in [4.69, 9.17) is 22.1 Å². The third kappa shape index (κ3) is 2.88. The molecule has 0 aliphatic carbocycles. The van der Waals surface area contributed by atoms with Crippen LogP contribution in [0.5, 0.6) is 5.75 Å². The molecule has 0 amide bonds. The molecule has 1 atom stereocenters. The van der Waals surface area contributed by atoms with Gasteiger partial charge in [0.2, 0.25) is 0 Å². The van der Waals surface area contributed by atoms with E-state index in [0.717, 1.165) is 5.56 Å². The van der Waals surface area contributed by atoms with E-state index < -0.39 is 11.9 Å². The largest absolute Gasteiger partial charge is 0.494 e. The van der Waals surface area contributed by atoms with Crippen molar-refractivity contribution in [2.45, 2.75) is 13.0 Å². The van der Waals surface area contributed by atoms with Crippen molar-refractivity contribution in [1.29, 1.82) is 0 Å². The Hall–Kier alpha value is -1.58. The van der Waals surface area contributed by atoms with E-state index in [1.165, 1.54) is 6.07 Å². The highest BCUT2D eigenvalue weighted by molar-refractivity contribution is 6.31. The first-order valence-electron chi connectivity index (χ1n) is 6.06. The molecule has 0 aliphatic rings. The SMILES string of the molecule is CCOc1ccccc1C(N)c1cccc(F)c1Cl. The molecule has 0 heterocycles. The maximum Gasteiger partial charge on any atom is 0.142 e. The first-order valence-corrected chi connectivity index (χ1v) is 6.44. The standard InChI is InChI=1S/C15H15ClFNO/c1-2-19-13-9-4-3-6-10(13)15(18)11-7-5-8-12(17)14(11)16/h3-9,15H,2,18H2,1H3. The second kappa shape index (κ2) is 6.04. The Morgan fingerprint density at radius 2 is 1.84 bits per heavy atom. The van der Waals surface area contributed by atoms with Crippen LogP contribution < -0.4 is 10.5 Å². The molecule has 0 bridgehead atoms. The fourth-order valence-electron chi connectivity index (χ4n) is 1.95. The van der Waals surface area contributed by atoms with Crippen molar-refractivity contribution in [3.05, 3.63) is 64.4 Å². The lowest BCUT2D eigenvalue weighted by atomic mass is 9.98. The van der Waals surface area contributed by atoms with E-state index in [2.05, 4.69) is 0 Å². The second-order valence-corrected chi connectivity index (χ2v) is 4.47. The summed E-state index contributed by atoms with van der Waals surface area (Å²) < 4.78 is 19.0. The van der Waals surface area contributed by atoms with Crippen LogP contribution in [0.4, 0.5) is 4.39 Å². The Labute approximate surface area is 117 Å². The van der Waals surface area contributed by atoms with Crippen LogP contribution in [0.15, 0.2) is 42.5 Å². The number of ether oxygens (including phenoxy) is 1. The normalized spacial score (nSPS) is 12.2. The predicted molar refractivity (Wildman–Crippen MR) is 75.1 cm³/mol. The fraction of sp³-hybridized carbons (Fsp3) is 0.200. The van der Waals surface area contributed by atoms with E-state index >= 15 is 0 Å². The molecular weight excluding hydrogens is 265 g/mol. The molecule has 0 aliphatic heterocycles. The molecule has 0 saturated heterocycles. The van der Waals surface area contributed by atoms with Gasteiger partial charge < -0.3 is 10.5 Å². The summed E-state index contributed by atoms with van der Waals surface area (Å²) in [5.74, 6) is 0.223. The van der Waals surface area contributed by atoms with Crippen LogP contribution in [0.2, 0.25) is 5.02 Å². The summed E-state index contributed by atoms with van der Waals surface area (Å²) in [5.41, 5.74) is 7.52. The Balaban J connectivity index is 2.44. The average Bonchev–Trinajstić information content (AvgIpc) is 2.42.